The Hall–Kier alpha value is -0.877. The van der Waals surface area contributed by atoms with Gasteiger partial charge in [0.15, 0.2) is 0 Å². The van der Waals surface area contributed by atoms with Crippen LogP contribution in [0.25, 0.3) is 21.5 Å². The summed E-state index contributed by atoms with van der Waals surface area (Å²) in [7, 11) is 0. The molecule has 1 aliphatic rings. The van der Waals surface area contributed by atoms with E-state index in [0.29, 0.717) is 11.8 Å². The molecule has 0 N–H and O–H groups in total. The van der Waals surface area contributed by atoms with E-state index in [4.69, 9.17) is 0 Å². The van der Waals surface area contributed by atoms with E-state index in [1.54, 1.807) is 24.2 Å². The largest absolute Gasteiger partial charge is 1.00 e. The Kier molecular flexibility index (Phi) is 14.1. The van der Waals surface area contributed by atoms with Crippen LogP contribution in [0, 0.1) is 17.9 Å². The predicted molar refractivity (Wildman–Crippen MR) is 155 cm³/mol. The maximum atomic E-state index is 3.37. The van der Waals surface area contributed by atoms with E-state index in [9.17, 15) is 0 Å². The average molecular weight is 617 g/mol. The Morgan fingerprint density at radius 3 is 1.46 bits per heavy atom. The van der Waals surface area contributed by atoms with E-state index in [1.165, 1.54) is 47.0 Å². The van der Waals surface area contributed by atoms with Crippen LogP contribution in [-0.2, 0) is 35.1 Å². The van der Waals surface area contributed by atoms with Gasteiger partial charge in [-0.05, 0) is 10.8 Å². The Morgan fingerprint density at radius 2 is 1.22 bits per heavy atom. The standard InChI is InChI=1S/C21H25.C10H15.C3H6.2ClH.Zr/c1-20(2,3)16-9-7-14-11-15-8-10-17(21(4,5)6)13-19(15)18(14)12-16;1-7(2)10-6-8(3)5-9(10)4;1-3-2;;;/h7-13H,1-6H3;6-8H,1-4H3;1-2H3;2*1H;/q2*-1;;;;+2/p-2. The Labute approximate surface area is 254 Å². The topological polar surface area (TPSA) is 0 Å². The molecule has 37 heavy (non-hydrogen) atoms. The molecule has 0 nitrogen and oxygen atoms in total. The second-order valence-corrected chi connectivity index (χ2v) is 15.0. The molecule has 0 radical (unpaired) electrons. The quantitative estimate of drug-likeness (QED) is 0.363. The maximum Gasteiger partial charge on any atom is -1.00 e. The minimum atomic E-state index is 0. The third-order valence-corrected chi connectivity index (χ3v) is 6.37. The Balaban J connectivity index is 0.000000684. The first kappa shape index (κ1) is 36.1. The van der Waals surface area contributed by atoms with Gasteiger partial charge in [-0.1, -0.05) is 116 Å². The predicted octanol–water partition coefficient (Wildman–Crippen LogP) is 4.03. The van der Waals surface area contributed by atoms with Gasteiger partial charge in [-0.2, -0.15) is 11.6 Å². The van der Waals surface area contributed by atoms with Crippen LogP contribution in [0.2, 0.25) is 0 Å². The van der Waals surface area contributed by atoms with E-state index in [2.05, 4.69) is 138 Å². The molecule has 0 heterocycles. The molecule has 0 aromatic heterocycles. The summed E-state index contributed by atoms with van der Waals surface area (Å²) in [4.78, 5) is 0. The molecular formula is C34H46Cl2Zr-2. The van der Waals surface area contributed by atoms with Crippen molar-refractivity contribution in [1.29, 1.82) is 0 Å². The van der Waals surface area contributed by atoms with Crippen LogP contribution in [0.5, 0.6) is 0 Å². The molecule has 1 atom stereocenters. The molecule has 0 spiro atoms. The van der Waals surface area contributed by atoms with Gasteiger partial charge < -0.3 is 24.8 Å². The molecule has 0 saturated carbocycles. The monoisotopic (exact) mass is 614 g/mol. The van der Waals surface area contributed by atoms with Crippen molar-refractivity contribution in [3.63, 3.8) is 0 Å². The van der Waals surface area contributed by atoms with E-state index < -0.39 is 0 Å². The molecule has 1 aliphatic carbocycles. The fourth-order valence-electron chi connectivity index (χ4n) is 4.42. The van der Waals surface area contributed by atoms with Crippen LogP contribution in [-0.4, -0.2) is 3.21 Å². The van der Waals surface area contributed by atoms with Crippen LogP contribution in [0.15, 0.2) is 59.7 Å². The fraction of sp³-hybridized carbons (Fsp3) is 0.471. The second kappa shape index (κ2) is 14.5. The number of rotatable bonds is 1. The molecule has 0 bridgehead atoms. The third-order valence-electron chi connectivity index (χ3n) is 6.37. The summed E-state index contributed by atoms with van der Waals surface area (Å²) in [6, 6.07) is 16.1. The van der Waals surface area contributed by atoms with Gasteiger partial charge in [-0.15, -0.1) is 39.7 Å². The molecule has 0 amide bonds. The van der Waals surface area contributed by atoms with E-state index in [1.807, 2.05) is 0 Å². The van der Waals surface area contributed by atoms with E-state index in [-0.39, 0.29) is 35.6 Å². The van der Waals surface area contributed by atoms with Gasteiger partial charge in [-0.25, -0.2) is 5.57 Å². The van der Waals surface area contributed by atoms with Gasteiger partial charge in [0.05, 0.1) is 0 Å². The number of fused-ring (bicyclic) bond motifs is 3. The van der Waals surface area contributed by atoms with Crippen molar-refractivity contribution < 1.29 is 49.0 Å². The second-order valence-electron chi connectivity index (χ2n) is 12.6. The summed E-state index contributed by atoms with van der Waals surface area (Å²) in [5.41, 5.74) is 6.03. The van der Waals surface area contributed by atoms with Gasteiger partial charge in [0.2, 0.25) is 0 Å². The summed E-state index contributed by atoms with van der Waals surface area (Å²) in [5, 5.41) is 5.49. The third kappa shape index (κ3) is 10.3. The molecular weight excluding hydrogens is 571 g/mol. The smallest absolute Gasteiger partial charge is 1.00 e. The van der Waals surface area contributed by atoms with Crippen LogP contribution < -0.4 is 24.8 Å². The van der Waals surface area contributed by atoms with Gasteiger partial charge in [0.25, 0.3) is 0 Å². The zero-order chi connectivity index (χ0) is 26.7. The first-order chi connectivity index (χ1) is 16.0. The molecule has 4 rings (SSSR count). The first-order valence-electron chi connectivity index (χ1n) is 13.0. The number of benzene rings is 2. The number of halogens is 2. The molecule has 3 aromatic carbocycles. The molecule has 1 unspecified atom stereocenters. The fourth-order valence-corrected chi connectivity index (χ4v) is 4.42. The van der Waals surface area contributed by atoms with Crippen molar-refractivity contribution in [2.45, 2.75) is 93.9 Å². The van der Waals surface area contributed by atoms with Crippen molar-refractivity contribution in [2.24, 2.45) is 11.8 Å². The summed E-state index contributed by atoms with van der Waals surface area (Å²) in [5.74, 6) is 1.20. The molecule has 202 valence electrons. The first-order valence-corrected chi connectivity index (χ1v) is 14.2. The molecule has 0 saturated heterocycles. The summed E-state index contributed by atoms with van der Waals surface area (Å²) < 4.78 is 1.51. The normalized spacial score (nSPS) is 15.1. The summed E-state index contributed by atoms with van der Waals surface area (Å²) in [6.45, 7) is 26.7. The van der Waals surface area contributed by atoms with Crippen molar-refractivity contribution >= 4 is 24.8 Å². The van der Waals surface area contributed by atoms with Gasteiger partial charge in [-0.3, -0.25) is 6.08 Å². The Bertz CT molecular complexity index is 1170. The minimum absolute atomic E-state index is 0. The maximum absolute atomic E-state index is 3.37. The number of hydrogen-bond donors (Lipinski definition) is 0. The zero-order valence-corrected chi connectivity index (χ0v) is 29.0. The van der Waals surface area contributed by atoms with Crippen molar-refractivity contribution in [3.05, 3.63) is 76.9 Å². The van der Waals surface area contributed by atoms with Crippen molar-refractivity contribution in [2.75, 3.05) is 0 Å². The molecule has 0 fully saturated rings. The SMILES string of the molecule is CC(C)(C)c1ccc2[cH-]c3ccc(C(C)(C)C)cc3c2c1.CC1=[C-]C(C)C=C1C(C)C.C[C](C)=[Zr+2].[Cl-].[Cl-]. The van der Waals surface area contributed by atoms with Crippen LogP contribution in [0.3, 0.4) is 0 Å². The van der Waals surface area contributed by atoms with Crippen LogP contribution >= 0.6 is 0 Å². The van der Waals surface area contributed by atoms with Gasteiger partial charge in [0, 0.05) is 0 Å². The molecule has 3 heteroatoms. The average Bonchev–Trinajstić information content (AvgIpc) is 3.24. The van der Waals surface area contributed by atoms with Gasteiger partial charge >= 0.3 is 41.3 Å². The minimum Gasteiger partial charge on any atom is -1.00 e. The van der Waals surface area contributed by atoms with Crippen molar-refractivity contribution in [3.8, 4) is 0 Å². The molecule has 0 aliphatic heterocycles. The van der Waals surface area contributed by atoms with Gasteiger partial charge in [0.1, 0.15) is 0 Å². The molecule has 3 aromatic rings. The van der Waals surface area contributed by atoms with E-state index >= 15 is 0 Å². The van der Waals surface area contributed by atoms with Crippen molar-refractivity contribution in [1.82, 2.24) is 0 Å². The number of hydrogen-bond acceptors (Lipinski definition) is 0. The van der Waals surface area contributed by atoms with E-state index in [0.717, 1.165) is 0 Å². The Morgan fingerprint density at radius 1 is 0.838 bits per heavy atom. The number of allylic oxidation sites excluding steroid dienone is 4. The zero-order valence-electron chi connectivity index (χ0n) is 25.0. The summed E-state index contributed by atoms with van der Waals surface area (Å²) in [6.07, 6.45) is 5.68. The van der Waals surface area contributed by atoms with Crippen LogP contribution in [0.1, 0.15) is 94.2 Å². The summed E-state index contributed by atoms with van der Waals surface area (Å²) >= 11 is 1.55. The van der Waals surface area contributed by atoms with Crippen LogP contribution in [0.4, 0.5) is 0 Å².